The first-order chi connectivity index (χ1) is 6.77. The molecule has 0 aliphatic heterocycles. The van der Waals surface area contributed by atoms with Gasteiger partial charge in [-0.05, 0) is 33.8 Å². The molecule has 0 amide bonds. The third-order valence-corrected chi connectivity index (χ3v) is 3.74. The van der Waals surface area contributed by atoms with E-state index in [1.54, 1.807) is 17.5 Å². The standard InChI is InChI=1S/C9H9BrN2OS/c1-6-9(3-12-13-6)11-2-7-4-14-5-8(7)10/h3-5,11H,2H2,1H3. The minimum absolute atomic E-state index is 0.784. The van der Waals surface area contributed by atoms with Gasteiger partial charge < -0.3 is 9.84 Å². The molecular formula is C9H9BrN2OS. The fourth-order valence-corrected chi connectivity index (χ4v) is 2.54. The van der Waals surface area contributed by atoms with Crippen LogP contribution < -0.4 is 5.32 Å². The fourth-order valence-electron chi connectivity index (χ4n) is 1.09. The highest BCUT2D eigenvalue weighted by atomic mass is 79.9. The predicted octanol–water partition coefficient (Wildman–Crippen LogP) is 3.42. The minimum Gasteiger partial charge on any atom is -0.377 e. The van der Waals surface area contributed by atoms with Gasteiger partial charge in [-0.3, -0.25) is 0 Å². The van der Waals surface area contributed by atoms with Crippen LogP contribution in [0, 0.1) is 6.92 Å². The summed E-state index contributed by atoms with van der Waals surface area (Å²) in [4.78, 5) is 0. The van der Waals surface area contributed by atoms with Crippen molar-refractivity contribution in [2.45, 2.75) is 13.5 Å². The molecule has 3 nitrogen and oxygen atoms in total. The molecule has 0 bridgehead atoms. The number of hydrogen-bond acceptors (Lipinski definition) is 4. The molecule has 74 valence electrons. The van der Waals surface area contributed by atoms with Crippen LogP contribution >= 0.6 is 27.3 Å². The fraction of sp³-hybridized carbons (Fsp3) is 0.222. The first kappa shape index (κ1) is 9.73. The Labute approximate surface area is 94.2 Å². The molecule has 0 atom stereocenters. The number of halogens is 1. The molecule has 2 rings (SSSR count). The van der Waals surface area contributed by atoms with Gasteiger partial charge in [0.2, 0.25) is 0 Å². The van der Waals surface area contributed by atoms with Crippen LogP contribution in [-0.2, 0) is 6.54 Å². The molecule has 5 heteroatoms. The lowest BCUT2D eigenvalue weighted by Gasteiger charge is -2.02. The molecule has 0 aliphatic carbocycles. The van der Waals surface area contributed by atoms with Crippen LogP contribution in [0.2, 0.25) is 0 Å². The molecule has 0 fully saturated rings. The van der Waals surface area contributed by atoms with Crippen LogP contribution in [0.4, 0.5) is 5.69 Å². The van der Waals surface area contributed by atoms with Crippen molar-refractivity contribution in [3.8, 4) is 0 Å². The molecule has 0 aromatic carbocycles. The number of hydrogen-bond donors (Lipinski definition) is 1. The molecule has 2 aromatic heterocycles. The summed E-state index contributed by atoms with van der Waals surface area (Å²) in [5, 5.41) is 11.1. The number of thiophene rings is 1. The van der Waals surface area contributed by atoms with E-state index < -0.39 is 0 Å². The summed E-state index contributed by atoms with van der Waals surface area (Å²) >= 11 is 5.16. The molecule has 0 unspecified atom stereocenters. The maximum Gasteiger partial charge on any atom is 0.156 e. The number of rotatable bonds is 3. The third-order valence-electron chi connectivity index (χ3n) is 1.91. The van der Waals surface area contributed by atoms with Crippen molar-refractivity contribution in [2.75, 3.05) is 5.32 Å². The van der Waals surface area contributed by atoms with E-state index in [1.165, 1.54) is 5.56 Å². The van der Waals surface area contributed by atoms with Gasteiger partial charge >= 0.3 is 0 Å². The average Bonchev–Trinajstić information content (AvgIpc) is 2.72. The summed E-state index contributed by atoms with van der Waals surface area (Å²) in [5.74, 6) is 0.816. The molecule has 1 N–H and O–H groups in total. The van der Waals surface area contributed by atoms with E-state index in [9.17, 15) is 0 Å². The number of anilines is 1. The van der Waals surface area contributed by atoms with Gasteiger partial charge in [-0.2, -0.15) is 11.3 Å². The first-order valence-corrected chi connectivity index (χ1v) is 5.86. The molecule has 2 aromatic rings. The predicted molar refractivity (Wildman–Crippen MR) is 60.6 cm³/mol. The summed E-state index contributed by atoms with van der Waals surface area (Å²) in [7, 11) is 0. The Bertz CT molecular complexity index is 384. The van der Waals surface area contributed by atoms with Crippen molar-refractivity contribution in [3.63, 3.8) is 0 Å². The van der Waals surface area contributed by atoms with Gasteiger partial charge in [0, 0.05) is 16.4 Å². The van der Waals surface area contributed by atoms with E-state index in [1.807, 2.05) is 6.92 Å². The van der Waals surface area contributed by atoms with E-state index >= 15 is 0 Å². The number of aromatic nitrogens is 1. The van der Waals surface area contributed by atoms with Gasteiger partial charge in [0.15, 0.2) is 5.76 Å². The zero-order chi connectivity index (χ0) is 9.97. The van der Waals surface area contributed by atoms with Gasteiger partial charge in [0.25, 0.3) is 0 Å². The van der Waals surface area contributed by atoms with Gasteiger partial charge in [0.1, 0.15) is 0 Å². The van der Waals surface area contributed by atoms with Crippen LogP contribution in [0.5, 0.6) is 0 Å². The lowest BCUT2D eigenvalue weighted by molar-refractivity contribution is 0.398. The van der Waals surface area contributed by atoms with Crippen LogP contribution in [0.25, 0.3) is 0 Å². The first-order valence-electron chi connectivity index (χ1n) is 4.13. The van der Waals surface area contributed by atoms with E-state index in [0.29, 0.717) is 0 Å². The normalized spacial score (nSPS) is 10.4. The highest BCUT2D eigenvalue weighted by molar-refractivity contribution is 9.10. The molecule has 0 saturated heterocycles. The topological polar surface area (TPSA) is 38.1 Å². The van der Waals surface area contributed by atoms with E-state index in [0.717, 1.165) is 22.5 Å². The molecule has 0 aliphatic rings. The van der Waals surface area contributed by atoms with Crippen molar-refractivity contribution in [1.82, 2.24) is 5.16 Å². The van der Waals surface area contributed by atoms with Crippen LogP contribution in [0.15, 0.2) is 26.0 Å². The van der Waals surface area contributed by atoms with Crippen LogP contribution in [-0.4, -0.2) is 5.16 Å². The van der Waals surface area contributed by atoms with Gasteiger partial charge in [-0.25, -0.2) is 0 Å². The van der Waals surface area contributed by atoms with Crippen molar-refractivity contribution >= 4 is 33.0 Å². The monoisotopic (exact) mass is 272 g/mol. The Morgan fingerprint density at radius 3 is 3.00 bits per heavy atom. The third kappa shape index (κ3) is 1.99. The summed E-state index contributed by atoms with van der Waals surface area (Å²) < 4.78 is 6.09. The number of nitrogens with one attached hydrogen (secondary N) is 1. The number of aryl methyl sites for hydroxylation is 1. The molecule has 14 heavy (non-hydrogen) atoms. The highest BCUT2D eigenvalue weighted by Gasteiger charge is 2.04. The Hall–Kier alpha value is -0.810. The Kier molecular flexibility index (Phi) is 2.88. The minimum atomic E-state index is 0.784. The second-order valence-corrected chi connectivity index (χ2v) is 4.49. The molecule has 2 heterocycles. The Morgan fingerprint density at radius 2 is 2.43 bits per heavy atom. The lowest BCUT2D eigenvalue weighted by Crippen LogP contribution is -1.98. The Morgan fingerprint density at radius 1 is 1.57 bits per heavy atom. The van der Waals surface area contributed by atoms with E-state index in [4.69, 9.17) is 4.52 Å². The van der Waals surface area contributed by atoms with E-state index in [-0.39, 0.29) is 0 Å². The highest BCUT2D eigenvalue weighted by Crippen LogP contribution is 2.22. The van der Waals surface area contributed by atoms with Gasteiger partial charge in [-0.15, -0.1) is 0 Å². The lowest BCUT2D eigenvalue weighted by atomic mass is 10.3. The van der Waals surface area contributed by atoms with E-state index in [2.05, 4.69) is 37.2 Å². The summed E-state index contributed by atoms with van der Waals surface area (Å²) in [6.07, 6.45) is 1.69. The zero-order valence-electron chi connectivity index (χ0n) is 7.58. The smallest absolute Gasteiger partial charge is 0.156 e. The maximum absolute atomic E-state index is 4.94. The van der Waals surface area contributed by atoms with Crippen molar-refractivity contribution in [3.05, 3.63) is 32.8 Å². The van der Waals surface area contributed by atoms with Gasteiger partial charge in [-0.1, -0.05) is 5.16 Å². The largest absolute Gasteiger partial charge is 0.377 e. The quantitative estimate of drug-likeness (QED) is 0.931. The molecular weight excluding hydrogens is 264 g/mol. The van der Waals surface area contributed by atoms with Crippen molar-refractivity contribution < 1.29 is 4.52 Å². The molecule has 0 saturated carbocycles. The van der Waals surface area contributed by atoms with Crippen LogP contribution in [0.3, 0.4) is 0 Å². The van der Waals surface area contributed by atoms with Crippen LogP contribution in [0.1, 0.15) is 11.3 Å². The number of nitrogens with zero attached hydrogens (tertiary/aromatic N) is 1. The second kappa shape index (κ2) is 4.14. The average molecular weight is 273 g/mol. The maximum atomic E-state index is 4.94. The molecule has 0 radical (unpaired) electrons. The van der Waals surface area contributed by atoms with Crippen molar-refractivity contribution in [1.29, 1.82) is 0 Å². The second-order valence-electron chi connectivity index (χ2n) is 2.89. The Balaban J connectivity index is 2.02. The zero-order valence-corrected chi connectivity index (χ0v) is 9.98. The summed E-state index contributed by atoms with van der Waals surface area (Å²) in [6.45, 7) is 2.67. The molecule has 0 spiro atoms. The summed E-state index contributed by atoms with van der Waals surface area (Å²) in [6, 6.07) is 0. The summed E-state index contributed by atoms with van der Waals surface area (Å²) in [5.41, 5.74) is 2.19. The van der Waals surface area contributed by atoms with Crippen molar-refractivity contribution in [2.24, 2.45) is 0 Å². The SMILES string of the molecule is Cc1oncc1NCc1cscc1Br. The van der Waals surface area contributed by atoms with Gasteiger partial charge in [0.05, 0.1) is 11.9 Å².